The minimum Gasteiger partial charge on any atom is -0.485 e. The van der Waals surface area contributed by atoms with Crippen molar-refractivity contribution in [2.75, 3.05) is 6.54 Å². The number of nitrogens with zero attached hydrogens (tertiary/aromatic N) is 2. The van der Waals surface area contributed by atoms with Crippen molar-refractivity contribution in [2.24, 2.45) is 0 Å². The summed E-state index contributed by atoms with van der Waals surface area (Å²) in [7, 11) is 0. The van der Waals surface area contributed by atoms with Gasteiger partial charge >= 0.3 is 6.09 Å². The Labute approximate surface area is 192 Å². The first-order chi connectivity index (χ1) is 15.8. The number of ether oxygens (including phenoxy) is 2. The summed E-state index contributed by atoms with van der Waals surface area (Å²) >= 11 is 0. The Morgan fingerprint density at radius 2 is 1.97 bits per heavy atom. The Kier molecular flexibility index (Phi) is 6.25. The van der Waals surface area contributed by atoms with E-state index in [1.807, 2.05) is 6.07 Å². The summed E-state index contributed by atoms with van der Waals surface area (Å²) in [5, 5.41) is 23.2. The predicted molar refractivity (Wildman–Crippen MR) is 120 cm³/mol. The van der Waals surface area contributed by atoms with Crippen molar-refractivity contribution in [3.63, 3.8) is 0 Å². The van der Waals surface area contributed by atoms with Gasteiger partial charge in [-0.05, 0) is 63.4 Å². The molecule has 0 aromatic heterocycles. The summed E-state index contributed by atoms with van der Waals surface area (Å²) in [5.41, 5.74) is -0.0323. The molecule has 2 aromatic rings. The van der Waals surface area contributed by atoms with Crippen LogP contribution in [0, 0.1) is 11.3 Å². The first-order valence-electron chi connectivity index (χ1n) is 11.0. The van der Waals surface area contributed by atoms with Gasteiger partial charge in [-0.1, -0.05) is 18.2 Å². The Balaban J connectivity index is 1.57. The number of rotatable bonds is 3. The van der Waals surface area contributed by atoms with E-state index in [9.17, 15) is 20.0 Å². The number of hydrogen-bond donors (Lipinski definition) is 2. The lowest BCUT2D eigenvalue weighted by molar-refractivity contribution is -0.131. The zero-order valence-corrected chi connectivity index (χ0v) is 18.7. The number of carbonyl (C=O) groups excluding carboxylic acids is 2. The maximum atomic E-state index is 13.4. The van der Waals surface area contributed by atoms with Crippen LogP contribution in [-0.2, 0) is 4.79 Å². The monoisotopic (exact) mass is 449 g/mol. The van der Waals surface area contributed by atoms with Gasteiger partial charge in [0.15, 0.2) is 0 Å². The van der Waals surface area contributed by atoms with Crippen LogP contribution in [-0.4, -0.2) is 46.3 Å². The topological polar surface area (TPSA) is 112 Å². The Hall–Kier alpha value is -3.57. The lowest BCUT2D eigenvalue weighted by Gasteiger charge is -2.43. The van der Waals surface area contributed by atoms with Gasteiger partial charge in [0.2, 0.25) is 5.91 Å². The van der Waals surface area contributed by atoms with E-state index in [-0.39, 0.29) is 5.91 Å². The van der Waals surface area contributed by atoms with E-state index in [2.05, 4.69) is 11.4 Å². The number of carbonyl (C=O) groups is 2. The van der Waals surface area contributed by atoms with E-state index in [1.165, 1.54) is 4.90 Å². The highest BCUT2D eigenvalue weighted by Gasteiger charge is 2.45. The molecule has 1 fully saturated rings. The molecule has 4 rings (SSSR count). The van der Waals surface area contributed by atoms with Crippen LogP contribution < -0.4 is 14.8 Å². The number of hydrogen-bond acceptors (Lipinski definition) is 6. The lowest BCUT2D eigenvalue weighted by Crippen LogP contribution is -2.58. The van der Waals surface area contributed by atoms with Crippen LogP contribution in [0.4, 0.5) is 4.79 Å². The molecule has 2 aromatic carbocycles. The molecule has 1 unspecified atom stereocenters. The number of aliphatic hydroxyl groups excluding tert-OH is 1. The van der Waals surface area contributed by atoms with Crippen LogP contribution in [0.15, 0.2) is 48.5 Å². The third-order valence-corrected chi connectivity index (χ3v) is 6.16. The zero-order valence-electron chi connectivity index (χ0n) is 18.7. The minimum absolute atomic E-state index is 0.380. The molecular weight excluding hydrogens is 422 g/mol. The van der Waals surface area contributed by atoms with Gasteiger partial charge in [0, 0.05) is 12.1 Å². The number of nitrogens with one attached hydrogen (secondary N) is 1. The van der Waals surface area contributed by atoms with Crippen LogP contribution >= 0.6 is 0 Å². The van der Waals surface area contributed by atoms with Crippen molar-refractivity contribution in [3.8, 4) is 17.6 Å². The number of benzene rings is 2. The van der Waals surface area contributed by atoms with Gasteiger partial charge in [-0.3, -0.25) is 9.69 Å². The van der Waals surface area contributed by atoms with Gasteiger partial charge in [-0.2, -0.15) is 5.26 Å². The summed E-state index contributed by atoms with van der Waals surface area (Å²) in [6, 6.07) is 14.2. The average molecular weight is 450 g/mol. The quantitative estimate of drug-likeness (QED) is 0.744. The second kappa shape index (κ2) is 9.12. The lowest BCUT2D eigenvalue weighted by atomic mass is 9.85. The summed E-state index contributed by atoms with van der Waals surface area (Å²) in [6.45, 7) is 3.88. The van der Waals surface area contributed by atoms with Crippen molar-refractivity contribution in [1.29, 1.82) is 5.26 Å². The molecule has 1 saturated heterocycles. The number of aliphatic hydroxyl groups is 1. The van der Waals surface area contributed by atoms with E-state index >= 15 is 0 Å². The largest absolute Gasteiger partial charge is 0.485 e. The molecule has 3 atom stereocenters. The normalized spacial score (nSPS) is 23.5. The van der Waals surface area contributed by atoms with Gasteiger partial charge < -0.3 is 19.9 Å². The summed E-state index contributed by atoms with van der Waals surface area (Å²) in [5.74, 6) is 0.528. The van der Waals surface area contributed by atoms with E-state index in [0.717, 1.165) is 12.8 Å². The standard InChI is InChI=1S/C25H27N3O5/c1-25(2)22(29)21(18-14-16(15-26)11-12-20(18)33-25)27-23(30)19-10-6-7-13-28(19)24(31)32-17-8-4-3-5-9-17/h3-5,8-9,11-12,14,19,21-22,29H,6-7,10,13H2,1-2H3,(H,27,30)/t19?,21-,22+/m1/s1. The molecule has 0 aliphatic carbocycles. The van der Waals surface area contributed by atoms with E-state index < -0.39 is 29.9 Å². The number of likely N-dealkylation sites (tertiary alicyclic amines) is 1. The molecular formula is C25H27N3O5. The molecule has 8 heteroatoms. The van der Waals surface area contributed by atoms with Gasteiger partial charge in [0.05, 0.1) is 17.7 Å². The number of fused-ring (bicyclic) bond motifs is 1. The zero-order chi connectivity index (χ0) is 23.6. The highest BCUT2D eigenvalue weighted by molar-refractivity contribution is 5.87. The number of amides is 2. The fraction of sp³-hybridized carbons (Fsp3) is 0.400. The molecule has 172 valence electrons. The third-order valence-electron chi connectivity index (χ3n) is 6.16. The molecule has 2 N–H and O–H groups in total. The Morgan fingerprint density at radius 1 is 1.21 bits per heavy atom. The van der Waals surface area contributed by atoms with Crippen molar-refractivity contribution < 1.29 is 24.2 Å². The van der Waals surface area contributed by atoms with Crippen LogP contribution in [0.1, 0.15) is 50.3 Å². The molecule has 8 nitrogen and oxygen atoms in total. The van der Waals surface area contributed by atoms with Crippen molar-refractivity contribution in [1.82, 2.24) is 10.2 Å². The fourth-order valence-electron chi connectivity index (χ4n) is 4.35. The Bertz CT molecular complexity index is 1080. The van der Waals surface area contributed by atoms with Gasteiger partial charge in [-0.15, -0.1) is 0 Å². The van der Waals surface area contributed by atoms with Crippen LogP contribution in [0.2, 0.25) is 0 Å². The smallest absolute Gasteiger partial charge is 0.415 e. The average Bonchev–Trinajstić information content (AvgIpc) is 2.82. The highest BCUT2D eigenvalue weighted by atomic mass is 16.6. The molecule has 2 amide bonds. The summed E-state index contributed by atoms with van der Waals surface area (Å²) in [4.78, 5) is 27.7. The van der Waals surface area contributed by atoms with Gasteiger partial charge in [0.1, 0.15) is 29.2 Å². The van der Waals surface area contributed by atoms with Crippen molar-refractivity contribution in [2.45, 2.75) is 56.9 Å². The van der Waals surface area contributed by atoms with Gasteiger partial charge in [0.25, 0.3) is 0 Å². The van der Waals surface area contributed by atoms with Crippen molar-refractivity contribution in [3.05, 3.63) is 59.7 Å². The number of piperidine rings is 1. The van der Waals surface area contributed by atoms with Gasteiger partial charge in [-0.25, -0.2) is 4.79 Å². The highest BCUT2D eigenvalue weighted by Crippen LogP contribution is 2.40. The molecule has 2 heterocycles. The third kappa shape index (κ3) is 4.64. The van der Waals surface area contributed by atoms with Crippen LogP contribution in [0.3, 0.4) is 0 Å². The fourth-order valence-corrected chi connectivity index (χ4v) is 4.35. The first-order valence-corrected chi connectivity index (χ1v) is 11.0. The van der Waals surface area contributed by atoms with Crippen molar-refractivity contribution >= 4 is 12.0 Å². The van der Waals surface area contributed by atoms with Crippen LogP contribution in [0.5, 0.6) is 11.5 Å². The molecule has 0 spiro atoms. The molecule has 2 aliphatic heterocycles. The van der Waals surface area contributed by atoms with Crippen LogP contribution in [0.25, 0.3) is 0 Å². The SMILES string of the molecule is CC1(C)Oc2ccc(C#N)cc2[C@@H](NC(=O)C2CCCCN2C(=O)Oc2ccccc2)[C@@H]1O. The molecule has 0 bridgehead atoms. The molecule has 33 heavy (non-hydrogen) atoms. The maximum Gasteiger partial charge on any atom is 0.415 e. The first kappa shape index (κ1) is 22.6. The molecule has 0 saturated carbocycles. The summed E-state index contributed by atoms with van der Waals surface area (Å²) in [6.07, 6.45) is 0.417. The van der Waals surface area contributed by atoms with E-state index in [1.54, 1.807) is 56.3 Å². The second-order valence-electron chi connectivity index (χ2n) is 8.89. The summed E-state index contributed by atoms with van der Waals surface area (Å²) < 4.78 is 11.4. The maximum absolute atomic E-state index is 13.4. The molecule has 2 aliphatic rings. The Morgan fingerprint density at radius 3 is 2.70 bits per heavy atom. The minimum atomic E-state index is -1.06. The molecule has 0 radical (unpaired) electrons. The number of para-hydroxylation sites is 1. The second-order valence-corrected chi connectivity index (χ2v) is 8.89. The van der Waals surface area contributed by atoms with E-state index in [0.29, 0.717) is 35.6 Å². The van der Waals surface area contributed by atoms with E-state index in [4.69, 9.17) is 9.47 Å². The number of nitriles is 1. The predicted octanol–water partition coefficient (Wildman–Crippen LogP) is 3.30.